The molecule has 0 unspecified atom stereocenters. The van der Waals surface area contributed by atoms with Gasteiger partial charge in [0.05, 0.1) is 12.2 Å². The molecular formula is C18H24N4O2. The summed E-state index contributed by atoms with van der Waals surface area (Å²) in [6.07, 6.45) is 2.94. The van der Waals surface area contributed by atoms with Gasteiger partial charge in [0, 0.05) is 12.0 Å². The van der Waals surface area contributed by atoms with Gasteiger partial charge in [-0.25, -0.2) is 14.5 Å². The number of aromatic nitrogens is 3. The maximum absolute atomic E-state index is 12.5. The van der Waals surface area contributed by atoms with Gasteiger partial charge in [-0.3, -0.25) is 4.90 Å². The SMILES string of the molecule is CC(C)(C)OC(=O)N1CC(C)(C)c2cc(Cn3cncn3)ccc21. The second-order valence-corrected chi connectivity index (χ2v) is 7.89. The Morgan fingerprint density at radius 1 is 1.33 bits per heavy atom. The Morgan fingerprint density at radius 3 is 2.71 bits per heavy atom. The van der Waals surface area contributed by atoms with Crippen molar-refractivity contribution in [1.82, 2.24) is 14.8 Å². The van der Waals surface area contributed by atoms with Gasteiger partial charge >= 0.3 is 6.09 Å². The molecule has 1 aromatic carbocycles. The lowest BCUT2D eigenvalue weighted by molar-refractivity contribution is 0.0579. The third kappa shape index (κ3) is 3.27. The molecule has 1 aliphatic rings. The molecule has 1 aromatic heterocycles. The minimum atomic E-state index is -0.503. The van der Waals surface area contributed by atoms with Crippen LogP contribution < -0.4 is 4.90 Å². The highest BCUT2D eigenvalue weighted by atomic mass is 16.6. The number of carbonyl (C=O) groups excluding carboxylic acids is 1. The fraction of sp³-hybridized carbons (Fsp3) is 0.500. The van der Waals surface area contributed by atoms with Gasteiger partial charge in [-0.05, 0) is 38.0 Å². The number of amides is 1. The number of rotatable bonds is 2. The smallest absolute Gasteiger partial charge is 0.414 e. The van der Waals surface area contributed by atoms with E-state index in [0.29, 0.717) is 13.1 Å². The first-order chi connectivity index (χ1) is 11.2. The Labute approximate surface area is 142 Å². The van der Waals surface area contributed by atoms with Gasteiger partial charge in [0.25, 0.3) is 0 Å². The minimum Gasteiger partial charge on any atom is -0.443 e. The number of fused-ring (bicyclic) bond motifs is 1. The van der Waals surface area contributed by atoms with Crippen molar-refractivity contribution < 1.29 is 9.53 Å². The van der Waals surface area contributed by atoms with Crippen molar-refractivity contribution in [3.8, 4) is 0 Å². The van der Waals surface area contributed by atoms with Gasteiger partial charge in [-0.1, -0.05) is 26.0 Å². The molecule has 0 atom stereocenters. The number of carbonyl (C=O) groups is 1. The van der Waals surface area contributed by atoms with Crippen LogP contribution in [0, 0.1) is 0 Å². The van der Waals surface area contributed by atoms with E-state index in [1.807, 2.05) is 32.9 Å². The Balaban J connectivity index is 1.89. The van der Waals surface area contributed by atoms with Crippen molar-refractivity contribution in [2.75, 3.05) is 11.4 Å². The third-order valence-electron chi connectivity index (χ3n) is 4.06. The summed E-state index contributed by atoms with van der Waals surface area (Å²) in [7, 11) is 0. The molecule has 0 radical (unpaired) electrons. The zero-order chi connectivity index (χ0) is 17.5. The largest absolute Gasteiger partial charge is 0.443 e. The summed E-state index contributed by atoms with van der Waals surface area (Å²) >= 11 is 0. The normalized spacial score (nSPS) is 16.1. The lowest BCUT2D eigenvalue weighted by Crippen LogP contribution is -2.38. The molecule has 6 heteroatoms. The van der Waals surface area contributed by atoms with E-state index >= 15 is 0 Å². The summed E-state index contributed by atoms with van der Waals surface area (Å²) < 4.78 is 7.34. The summed E-state index contributed by atoms with van der Waals surface area (Å²) in [5.74, 6) is 0. The molecule has 6 nitrogen and oxygen atoms in total. The highest BCUT2D eigenvalue weighted by Gasteiger charge is 2.39. The van der Waals surface area contributed by atoms with Gasteiger partial charge in [-0.2, -0.15) is 5.10 Å². The van der Waals surface area contributed by atoms with Crippen molar-refractivity contribution in [2.24, 2.45) is 0 Å². The molecule has 0 saturated carbocycles. The molecule has 0 aliphatic carbocycles. The predicted molar refractivity (Wildman–Crippen MR) is 92.2 cm³/mol. The van der Waals surface area contributed by atoms with E-state index in [1.54, 1.807) is 15.9 Å². The topological polar surface area (TPSA) is 60.2 Å². The molecule has 2 heterocycles. The average Bonchev–Trinajstić information content (AvgIpc) is 3.04. The Bertz CT molecular complexity index is 745. The molecular weight excluding hydrogens is 304 g/mol. The summed E-state index contributed by atoms with van der Waals surface area (Å²) in [5, 5.41) is 4.15. The highest BCUT2D eigenvalue weighted by Crippen LogP contribution is 2.41. The lowest BCUT2D eigenvalue weighted by Gasteiger charge is -2.25. The van der Waals surface area contributed by atoms with E-state index in [2.05, 4.69) is 30.0 Å². The average molecular weight is 328 g/mol. The van der Waals surface area contributed by atoms with Gasteiger partial charge in [0.15, 0.2) is 0 Å². The monoisotopic (exact) mass is 328 g/mol. The molecule has 1 aliphatic heterocycles. The van der Waals surface area contributed by atoms with E-state index in [0.717, 1.165) is 16.8 Å². The van der Waals surface area contributed by atoms with Crippen LogP contribution in [0.2, 0.25) is 0 Å². The van der Waals surface area contributed by atoms with Crippen LogP contribution in [0.1, 0.15) is 45.7 Å². The molecule has 24 heavy (non-hydrogen) atoms. The minimum absolute atomic E-state index is 0.120. The van der Waals surface area contributed by atoms with Crippen molar-refractivity contribution >= 4 is 11.8 Å². The molecule has 0 N–H and O–H groups in total. The van der Waals surface area contributed by atoms with Crippen LogP contribution in [0.15, 0.2) is 30.9 Å². The van der Waals surface area contributed by atoms with Crippen molar-refractivity contribution in [3.05, 3.63) is 42.0 Å². The van der Waals surface area contributed by atoms with Crippen LogP contribution >= 0.6 is 0 Å². The number of benzene rings is 1. The maximum Gasteiger partial charge on any atom is 0.414 e. The number of hydrogen-bond donors (Lipinski definition) is 0. The fourth-order valence-electron chi connectivity index (χ4n) is 3.01. The molecule has 0 saturated heterocycles. The lowest BCUT2D eigenvalue weighted by atomic mass is 9.86. The Hall–Kier alpha value is -2.37. The van der Waals surface area contributed by atoms with Gasteiger partial charge in [-0.15, -0.1) is 0 Å². The predicted octanol–water partition coefficient (Wildman–Crippen LogP) is 3.36. The summed E-state index contributed by atoms with van der Waals surface area (Å²) in [5.41, 5.74) is 2.60. The van der Waals surface area contributed by atoms with E-state index < -0.39 is 5.60 Å². The molecule has 0 bridgehead atoms. The quantitative estimate of drug-likeness (QED) is 0.848. The fourth-order valence-corrected chi connectivity index (χ4v) is 3.01. The molecule has 0 fully saturated rings. The van der Waals surface area contributed by atoms with E-state index in [9.17, 15) is 4.79 Å². The van der Waals surface area contributed by atoms with Crippen LogP contribution in [0.3, 0.4) is 0 Å². The number of nitrogens with zero attached hydrogens (tertiary/aromatic N) is 4. The molecule has 1 amide bonds. The summed E-state index contributed by atoms with van der Waals surface area (Å²) in [4.78, 5) is 18.2. The number of hydrogen-bond acceptors (Lipinski definition) is 4. The van der Waals surface area contributed by atoms with Crippen LogP contribution in [0.5, 0.6) is 0 Å². The summed E-state index contributed by atoms with van der Waals surface area (Å²) in [6, 6.07) is 6.18. The van der Waals surface area contributed by atoms with E-state index in [-0.39, 0.29) is 11.5 Å². The van der Waals surface area contributed by atoms with Crippen molar-refractivity contribution in [2.45, 2.75) is 52.2 Å². The van der Waals surface area contributed by atoms with Crippen LogP contribution in [-0.4, -0.2) is 33.0 Å². The van der Waals surface area contributed by atoms with Gasteiger partial charge < -0.3 is 4.74 Å². The van der Waals surface area contributed by atoms with Gasteiger partial charge in [0.2, 0.25) is 0 Å². The Morgan fingerprint density at radius 2 is 2.08 bits per heavy atom. The highest BCUT2D eigenvalue weighted by molar-refractivity contribution is 5.91. The number of anilines is 1. The Kier molecular flexibility index (Phi) is 3.86. The van der Waals surface area contributed by atoms with E-state index in [4.69, 9.17) is 4.74 Å². The standard InChI is InChI=1S/C18H24N4O2/c1-17(2,3)24-16(23)22-10-18(4,5)14-8-13(6-7-15(14)22)9-21-12-19-11-20-21/h6-8,11-12H,9-10H2,1-5H3. The molecule has 2 aromatic rings. The van der Waals surface area contributed by atoms with Crippen LogP contribution in [-0.2, 0) is 16.7 Å². The first-order valence-corrected chi connectivity index (χ1v) is 8.12. The molecule has 128 valence electrons. The molecule has 0 spiro atoms. The zero-order valence-electron chi connectivity index (χ0n) is 14.9. The van der Waals surface area contributed by atoms with Crippen molar-refractivity contribution in [1.29, 1.82) is 0 Å². The third-order valence-corrected chi connectivity index (χ3v) is 4.06. The number of ether oxygens (including phenoxy) is 1. The second-order valence-electron chi connectivity index (χ2n) is 7.89. The van der Waals surface area contributed by atoms with E-state index in [1.165, 1.54) is 6.33 Å². The molecule has 3 rings (SSSR count). The van der Waals surface area contributed by atoms with Crippen LogP contribution in [0.25, 0.3) is 0 Å². The maximum atomic E-state index is 12.5. The zero-order valence-corrected chi connectivity index (χ0v) is 14.9. The summed E-state index contributed by atoms with van der Waals surface area (Å²) in [6.45, 7) is 11.2. The second kappa shape index (κ2) is 5.61. The van der Waals surface area contributed by atoms with Crippen LogP contribution in [0.4, 0.5) is 10.5 Å². The first-order valence-electron chi connectivity index (χ1n) is 8.12. The van der Waals surface area contributed by atoms with Crippen molar-refractivity contribution in [3.63, 3.8) is 0 Å². The first kappa shape index (κ1) is 16.5. The van der Waals surface area contributed by atoms with Gasteiger partial charge in [0.1, 0.15) is 18.3 Å².